The van der Waals surface area contributed by atoms with E-state index in [0.717, 1.165) is 42.9 Å². The quantitative estimate of drug-likeness (QED) is 0.711. The summed E-state index contributed by atoms with van der Waals surface area (Å²) in [4.78, 5) is 30.1. The van der Waals surface area contributed by atoms with E-state index in [0.29, 0.717) is 51.4 Å². The van der Waals surface area contributed by atoms with Gasteiger partial charge in [-0.25, -0.2) is 0 Å². The molecule has 2 saturated heterocycles. The molecule has 0 radical (unpaired) electrons. The van der Waals surface area contributed by atoms with Crippen LogP contribution in [0.3, 0.4) is 0 Å². The second-order valence-corrected chi connectivity index (χ2v) is 8.94. The molecule has 1 aromatic rings. The summed E-state index contributed by atoms with van der Waals surface area (Å²) in [7, 11) is 0. The molecule has 2 aliphatic heterocycles. The molecule has 1 aromatic carbocycles. The van der Waals surface area contributed by atoms with Crippen molar-refractivity contribution in [2.24, 2.45) is 5.92 Å². The zero-order valence-electron chi connectivity index (χ0n) is 18.1. The number of nitrogens with one attached hydrogen (secondary N) is 1. The second-order valence-electron chi connectivity index (χ2n) is 8.94. The van der Waals surface area contributed by atoms with Gasteiger partial charge < -0.3 is 15.0 Å². The third-order valence-electron chi connectivity index (χ3n) is 6.85. The van der Waals surface area contributed by atoms with Crippen molar-refractivity contribution in [2.75, 3.05) is 39.4 Å². The fraction of sp³-hybridized carbons (Fsp3) is 0.667. The molecule has 0 unspecified atom stereocenters. The maximum absolute atomic E-state index is 12.8. The predicted molar refractivity (Wildman–Crippen MR) is 116 cm³/mol. The van der Waals surface area contributed by atoms with Crippen molar-refractivity contribution < 1.29 is 14.3 Å². The molecule has 6 nitrogen and oxygen atoms in total. The Bertz CT molecular complexity index is 743. The SMILES string of the molecule is CCc1ccccc1C(=O)NC[C@@H]1CC[C@H](CC(=O)N2CCOCC2)N1CC1CC1. The number of hydrogen-bond acceptors (Lipinski definition) is 4. The molecule has 4 rings (SSSR count). The van der Waals surface area contributed by atoms with Crippen LogP contribution >= 0.6 is 0 Å². The maximum atomic E-state index is 12.8. The molecule has 2 amide bonds. The van der Waals surface area contributed by atoms with Gasteiger partial charge in [-0.15, -0.1) is 0 Å². The molecule has 2 heterocycles. The molecule has 3 aliphatic rings. The number of amides is 2. The van der Waals surface area contributed by atoms with Gasteiger partial charge in [0.05, 0.1) is 13.2 Å². The largest absolute Gasteiger partial charge is 0.378 e. The summed E-state index contributed by atoms with van der Waals surface area (Å²) in [5.74, 6) is 1.04. The first-order valence-electron chi connectivity index (χ1n) is 11.6. The Morgan fingerprint density at radius 3 is 2.53 bits per heavy atom. The molecule has 2 atom stereocenters. The Hall–Kier alpha value is -1.92. The average molecular weight is 414 g/mol. The van der Waals surface area contributed by atoms with Crippen LogP contribution < -0.4 is 5.32 Å². The lowest BCUT2D eigenvalue weighted by molar-refractivity contribution is -0.136. The van der Waals surface area contributed by atoms with Gasteiger partial charge in [-0.05, 0) is 49.7 Å². The van der Waals surface area contributed by atoms with Crippen LogP contribution in [0.25, 0.3) is 0 Å². The number of carbonyl (C=O) groups is 2. The van der Waals surface area contributed by atoms with E-state index < -0.39 is 0 Å². The van der Waals surface area contributed by atoms with Crippen LogP contribution in [0.5, 0.6) is 0 Å². The zero-order chi connectivity index (χ0) is 20.9. The molecular formula is C24H35N3O3. The van der Waals surface area contributed by atoms with Crippen LogP contribution in [-0.4, -0.2) is 73.1 Å². The van der Waals surface area contributed by atoms with Crippen LogP contribution in [-0.2, 0) is 16.0 Å². The third-order valence-corrected chi connectivity index (χ3v) is 6.85. The van der Waals surface area contributed by atoms with Crippen molar-refractivity contribution in [3.05, 3.63) is 35.4 Å². The van der Waals surface area contributed by atoms with E-state index >= 15 is 0 Å². The van der Waals surface area contributed by atoms with Gasteiger partial charge in [0, 0.05) is 50.2 Å². The summed E-state index contributed by atoms with van der Waals surface area (Å²) in [6.45, 7) is 6.52. The first-order chi connectivity index (χ1) is 14.7. The highest BCUT2D eigenvalue weighted by Gasteiger charge is 2.38. The predicted octanol–water partition coefficient (Wildman–Crippen LogP) is 2.47. The van der Waals surface area contributed by atoms with Crippen molar-refractivity contribution in [3.8, 4) is 0 Å². The molecule has 0 aromatic heterocycles. The van der Waals surface area contributed by atoms with Gasteiger partial charge in [0.1, 0.15) is 0 Å². The Balaban J connectivity index is 1.35. The molecule has 0 spiro atoms. The van der Waals surface area contributed by atoms with Crippen LogP contribution in [0.2, 0.25) is 0 Å². The normalized spacial score (nSPS) is 24.8. The number of morpholine rings is 1. The number of hydrogen-bond donors (Lipinski definition) is 1. The lowest BCUT2D eigenvalue weighted by atomic mass is 10.0. The third kappa shape index (κ3) is 5.22. The van der Waals surface area contributed by atoms with Gasteiger partial charge in [-0.1, -0.05) is 25.1 Å². The standard InChI is InChI=1S/C24H35N3O3/c1-2-19-5-3-4-6-22(19)24(29)25-16-21-10-9-20(27(21)17-18-7-8-18)15-23(28)26-11-13-30-14-12-26/h3-6,18,20-21H,2,7-17H2,1H3,(H,25,29)/t20-,21+/m1/s1. The highest BCUT2D eigenvalue weighted by atomic mass is 16.5. The molecule has 6 heteroatoms. The summed E-state index contributed by atoms with van der Waals surface area (Å²) >= 11 is 0. The van der Waals surface area contributed by atoms with Gasteiger partial charge in [-0.2, -0.15) is 0 Å². The molecule has 164 valence electrons. The van der Waals surface area contributed by atoms with Crippen molar-refractivity contribution >= 4 is 11.8 Å². The van der Waals surface area contributed by atoms with Crippen LogP contribution in [0, 0.1) is 5.92 Å². The van der Waals surface area contributed by atoms with Crippen molar-refractivity contribution in [1.29, 1.82) is 0 Å². The van der Waals surface area contributed by atoms with Gasteiger partial charge in [0.25, 0.3) is 5.91 Å². The monoisotopic (exact) mass is 413 g/mol. The first-order valence-corrected chi connectivity index (χ1v) is 11.6. The lowest BCUT2D eigenvalue weighted by Gasteiger charge is -2.33. The fourth-order valence-corrected chi connectivity index (χ4v) is 4.85. The van der Waals surface area contributed by atoms with E-state index in [1.54, 1.807) is 0 Å². The van der Waals surface area contributed by atoms with E-state index in [-0.39, 0.29) is 11.8 Å². The number of ether oxygens (including phenoxy) is 1. The molecule has 1 aliphatic carbocycles. The van der Waals surface area contributed by atoms with E-state index in [4.69, 9.17) is 4.74 Å². The number of aryl methyl sites for hydroxylation is 1. The van der Waals surface area contributed by atoms with Crippen molar-refractivity contribution in [3.63, 3.8) is 0 Å². The maximum Gasteiger partial charge on any atom is 0.251 e. The smallest absolute Gasteiger partial charge is 0.251 e. The Labute approximate surface area is 179 Å². The second kappa shape index (κ2) is 9.92. The molecular weight excluding hydrogens is 378 g/mol. The van der Waals surface area contributed by atoms with Crippen LogP contribution in [0.15, 0.2) is 24.3 Å². The zero-order valence-corrected chi connectivity index (χ0v) is 18.1. The van der Waals surface area contributed by atoms with E-state index in [9.17, 15) is 9.59 Å². The van der Waals surface area contributed by atoms with E-state index in [1.165, 1.54) is 12.8 Å². The van der Waals surface area contributed by atoms with Gasteiger partial charge in [-0.3, -0.25) is 14.5 Å². The van der Waals surface area contributed by atoms with Gasteiger partial charge in [0.2, 0.25) is 5.91 Å². The highest BCUT2D eigenvalue weighted by molar-refractivity contribution is 5.95. The molecule has 1 N–H and O–H groups in total. The number of nitrogens with zero attached hydrogens (tertiary/aromatic N) is 2. The minimum absolute atomic E-state index is 0.0201. The summed E-state index contributed by atoms with van der Waals surface area (Å²) in [6.07, 6.45) is 6.12. The topological polar surface area (TPSA) is 61.9 Å². The highest BCUT2D eigenvalue weighted by Crippen LogP contribution is 2.35. The first kappa shape index (κ1) is 21.3. The van der Waals surface area contributed by atoms with Gasteiger partial charge >= 0.3 is 0 Å². The number of carbonyl (C=O) groups excluding carboxylic acids is 2. The Morgan fingerprint density at radius 2 is 1.80 bits per heavy atom. The summed E-state index contributed by atoms with van der Waals surface area (Å²) in [5, 5.41) is 3.18. The Morgan fingerprint density at radius 1 is 1.07 bits per heavy atom. The van der Waals surface area contributed by atoms with Gasteiger partial charge in [0.15, 0.2) is 0 Å². The van der Waals surface area contributed by atoms with Crippen molar-refractivity contribution in [2.45, 2.75) is 57.5 Å². The average Bonchev–Trinajstić information content (AvgIpc) is 3.54. The minimum Gasteiger partial charge on any atom is -0.378 e. The van der Waals surface area contributed by atoms with Crippen LogP contribution in [0.1, 0.15) is 54.9 Å². The minimum atomic E-state index is 0.0201. The summed E-state index contributed by atoms with van der Waals surface area (Å²) in [5.41, 5.74) is 1.87. The van der Waals surface area contributed by atoms with E-state index in [2.05, 4.69) is 17.1 Å². The Kier molecular flexibility index (Phi) is 7.05. The molecule has 30 heavy (non-hydrogen) atoms. The fourth-order valence-electron chi connectivity index (χ4n) is 4.85. The number of likely N-dealkylation sites (tertiary alicyclic amines) is 1. The summed E-state index contributed by atoms with van der Waals surface area (Å²) < 4.78 is 5.38. The van der Waals surface area contributed by atoms with E-state index in [1.807, 2.05) is 29.2 Å². The molecule has 3 fully saturated rings. The lowest BCUT2D eigenvalue weighted by Crippen LogP contribution is -2.47. The molecule has 0 bridgehead atoms. The summed E-state index contributed by atoms with van der Waals surface area (Å²) in [6, 6.07) is 8.47. The number of rotatable bonds is 8. The van der Waals surface area contributed by atoms with Crippen LogP contribution in [0.4, 0.5) is 0 Å². The van der Waals surface area contributed by atoms with Crippen molar-refractivity contribution in [1.82, 2.24) is 15.1 Å². The number of benzene rings is 1. The molecule has 1 saturated carbocycles.